The highest BCUT2D eigenvalue weighted by Crippen LogP contribution is 2.31. The third-order valence-electron chi connectivity index (χ3n) is 2.83. The van der Waals surface area contributed by atoms with Gasteiger partial charge >= 0.3 is 0 Å². The number of methoxy groups -OCH3 is 1. The number of ether oxygens (including phenoxy) is 2. The fourth-order valence-corrected chi connectivity index (χ4v) is 1.63. The molecule has 1 N–H and O–H groups in total. The van der Waals surface area contributed by atoms with E-state index in [2.05, 4.69) is 9.97 Å². The van der Waals surface area contributed by atoms with Gasteiger partial charge in [0, 0.05) is 6.07 Å². The molecule has 0 spiro atoms. The molecule has 0 saturated heterocycles. The van der Waals surface area contributed by atoms with Crippen LogP contribution in [0, 0.1) is 0 Å². The molecule has 2 aromatic rings. The number of rotatable bonds is 4. The van der Waals surface area contributed by atoms with Crippen molar-refractivity contribution >= 4 is 10.9 Å². The highest BCUT2D eigenvalue weighted by Gasteiger charge is 2.11. The lowest BCUT2D eigenvalue weighted by Gasteiger charge is -2.15. The molecule has 0 saturated carbocycles. The first-order valence-corrected chi connectivity index (χ1v) is 5.87. The average Bonchev–Trinajstić information content (AvgIpc) is 2.39. The van der Waals surface area contributed by atoms with E-state index in [0.717, 1.165) is 6.42 Å². The molecule has 1 unspecified atom stereocenters. The number of aromatic nitrogens is 2. The minimum absolute atomic E-state index is 0.0621. The largest absolute Gasteiger partial charge is 0.493 e. The zero-order valence-corrected chi connectivity index (χ0v) is 10.7. The Bertz CT molecular complexity index is 607. The van der Waals surface area contributed by atoms with Gasteiger partial charge in [-0.05, 0) is 19.4 Å². The molecule has 5 nitrogen and oxygen atoms in total. The number of benzene rings is 1. The van der Waals surface area contributed by atoms with Gasteiger partial charge in [0.25, 0.3) is 5.56 Å². The Hall–Kier alpha value is -2.04. The summed E-state index contributed by atoms with van der Waals surface area (Å²) < 4.78 is 11.0. The second-order valence-electron chi connectivity index (χ2n) is 4.09. The molecule has 5 heteroatoms. The van der Waals surface area contributed by atoms with Crippen LogP contribution >= 0.6 is 0 Å². The fraction of sp³-hybridized carbons (Fsp3) is 0.385. The van der Waals surface area contributed by atoms with E-state index in [1.807, 2.05) is 13.8 Å². The van der Waals surface area contributed by atoms with Crippen LogP contribution in [-0.2, 0) is 0 Å². The van der Waals surface area contributed by atoms with Gasteiger partial charge in [-0.2, -0.15) is 0 Å². The van der Waals surface area contributed by atoms with Gasteiger partial charge in [0.15, 0.2) is 11.5 Å². The standard InChI is InChI=1S/C13H16N2O3/c1-4-8(2)18-12-5-9-10(6-11(12)17-3)14-7-15-13(9)16/h5-8H,4H2,1-3H3,(H,14,15,16). The molecule has 1 heterocycles. The van der Waals surface area contributed by atoms with Gasteiger partial charge in [0.1, 0.15) is 0 Å². The summed E-state index contributed by atoms with van der Waals surface area (Å²) in [6.45, 7) is 4.00. The zero-order chi connectivity index (χ0) is 13.1. The topological polar surface area (TPSA) is 64.2 Å². The molecule has 0 aliphatic heterocycles. The Morgan fingerprint density at radius 3 is 2.83 bits per heavy atom. The smallest absolute Gasteiger partial charge is 0.258 e. The van der Waals surface area contributed by atoms with Crippen LogP contribution in [-0.4, -0.2) is 23.2 Å². The molecule has 1 atom stereocenters. The first-order chi connectivity index (χ1) is 8.65. The van der Waals surface area contributed by atoms with Crippen LogP contribution in [0.25, 0.3) is 10.9 Å². The van der Waals surface area contributed by atoms with Crippen LogP contribution in [0.5, 0.6) is 11.5 Å². The van der Waals surface area contributed by atoms with Crippen molar-refractivity contribution < 1.29 is 9.47 Å². The third kappa shape index (κ3) is 2.30. The van der Waals surface area contributed by atoms with Crippen LogP contribution in [0.2, 0.25) is 0 Å². The zero-order valence-electron chi connectivity index (χ0n) is 10.7. The maximum atomic E-state index is 11.7. The van der Waals surface area contributed by atoms with Gasteiger partial charge in [0.2, 0.25) is 0 Å². The summed E-state index contributed by atoms with van der Waals surface area (Å²) in [5.74, 6) is 1.15. The van der Waals surface area contributed by atoms with Crippen molar-refractivity contribution in [2.24, 2.45) is 0 Å². The molecule has 0 amide bonds. The molecule has 0 bridgehead atoms. The summed E-state index contributed by atoms with van der Waals surface area (Å²) in [7, 11) is 1.57. The Kier molecular flexibility index (Phi) is 3.50. The summed E-state index contributed by atoms with van der Waals surface area (Å²) >= 11 is 0. The maximum absolute atomic E-state index is 11.7. The fourth-order valence-electron chi connectivity index (χ4n) is 1.63. The van der Waals surface area contributed by atoms with Crippen molar-refractivity contribution in [2.75, 3.05) is 7.11 Å². The van der Waals surface area contributed by atoms with E-state index in [4.69, 9.17) is 9.47 Å². The SMILES string of the molecule is CCC(C)Oc1cc2c(=O)[nH]cnc2cc1OC. The number of fused-ring (bicyclic) bond motifs is 1. The van der Waals surface area contributed by atoms with Crippen LogP contribution in [0.3, 0.4) is 0 Å². The van der Waals surface area contributed by atoms with Crippen molar-refractivity contribution in [1.82, 2.24) is 9.97 Å². The van der Waals surface area contributed by atoms with Gasteiger partial charge in [0.05, 0.1) is 30.4 Å². The lowest BCUT2D eigenvalue weighted by molar-refractivity contribution is 0.208. The molecule has 96 valence electrons. The molecule has 1 aromatic heterocycles. The molecule has 0 aliphatic rings. The first-order valence-electron chi connectivity index (χ1n) is 5.87. The number of hydrogen-bond acceptors (Lipinski definition) is 4. The summed E-state index contributed by atoms with van der Waals surface area (Å²) in [4.78, 5) is 18.3. The molecule has 0 fully saturated rings. The van der Waals surface area contributed by atoms with Crippen LogP contribution in [0.15, 0.2) is 23.3 Å². The average molecular weight is 248 g/mol. The van der Waals surface area contributed by atoms with E-state index in [0.29, 0.717) is 22.4 Å². The second-order valence-corrected chi connectivity index (χ2v) is 4.09. The maximum Gasteiger partial charge on any atom is 0.258 e. The van der Waals surface area contributed by atoms with E-state index in [1.54, 1.807) is 19.2 Å². The molecule has 18 heavy (non-hydrogen) atoms. The number of nitrogens with one attached hydrogen (secondary N) is 1. The Balaban J connectivity index is 2.57. The number of aromatic amines is 1. The van der Waals surface area contributed by atoms with Crippen LogP contribution in [0.4, 0.5) is 0 Å². The van der Waals surface area contributed by atoms with E-state index < -0.39 is 0 Å². The molecule has 0 radical (unpaired) electrons. The van der Waals surface area contributed by atoms with Gasteiger partial charge in [-0.15, -0.1) is 0 Å². The van der Waals surface area contributed by atoms with Gasteiger partial charge in [-0.25, -0.2) is 4.98 Å². The highest BCUT2D eigenvalue weighted by atomic mass is 16.5. The van der Waals surface area contributed by atoms with Crippen molar-refractivity contribution in [2.45, 2.75) is 26.4 Å². The van der Waals surface area contributed by atoms with Crippen molar-refractivity contribution in [3.05, 3.63) is 28.8 Å². The monoisotopic (exact) mass is 248 g/mol. The summed E-state index contributed by atoms with van der Waals surface area (Å²) in [6.07, 6.45) is 2.32. The normalized spacial score (nSPS) is 12.4. The third-order valence-corrected chi connectivity index (χ3v) is 2.83. The summed E-state index contributed by atoms with van der Waals surface area (Å²) in [6, 6.07) is 3.38. The van der Waals surface area contributed by atoms with Crippen molar-refractivity contribution in [1.29, 1.82) is 0 Å². The van der Waals surface area contributed by atoms with Gasteiger partial charge < -0.3 is 14.5 Å². The lowest BCUT2D eigenvalue weighted by atomic mass is 10.2. The molecule has 0 aliphatic carbocycles. The predicted molar refractivity (Wildman–Crippen MR) is 69.3 cm³/mol. The quantitative estimate of drug-likeness (QED) is 0.900. The van der Waals surface area contributed by atoms with E-state index in [9.17, 15) is 4.79 Å². The van der Waals surface area contributed by atoms with Crippen LogP contribution < -0.4 is 15.0 Å². The van der Waals surface area contributed by atoms with E-state index >= 15 is 0 Å². The molecule has 2 rings (SSSR count). The first kappa shape index (κ1) is 12.4. The van der Waals surface area contributed by atoms with E-state index in [1.165, 1.54) is 6.33 Å². The second kappa shape index (κ2) is 5.08. The molecular formula is C13H16N2O3. The minimum atomic E-state index is -0.184. The Labute approximate surface area is 105 Å². The minimum Gasteiger partial charge on any atom is -0.493 e. The molecular weight excluding hydrogens is 232 g/mol. The number of nitrogens with zero attached hydrogens (tertiary/aromatic N) is 1. The highest BCUT2D eigenvalue weighted by molar-refractivity contribution is 5.81. The van der Waals surface area contributed by atoms with E-state index in [-0.39, 0.29) is 11.7 Å². The lowest BCUT2D eigenvalue weighted by Crippen LogP contribution is -2.12. The summed E-state index contributed by atoms with van der Waals surface area (Å²) in [5, 5.41) is 0.497. The van der Waals surface area contributed by atoms with Crippen LogP contribution in [0.1, 0.15) is 20.3 Å². The number of hydrogen-bond donors (Lipinski definition) is 1. The van der Waals surface area contributed by atoms with Crippen molar-refractivity contribution in [3.63, 3.8) is 0 Å². The van der Waals surface area contributed by atoms with Gasteiger partial charge in [-0.3, -0.25) is 4.79 Å². The predicted octanol–water partition coefficient (Wildman–Crippen LogP) is 2.11. The number of H-pyrrole nitrogens is 1. The molecule has 1 aromatic carbocycles. The Morgan fingerprint density at radius 1 is 1.39 bits per heavy atom. The van der Waals surface area contributed by atoms with Gasteiger partial charge in [-0.1, -0.05) is 6.92 Å². The summed E-state index contributed by atoms with van der Waals surface area (Å²) in [5.41, 5.74) is 0.406. The Morgan fingerprint density at radius 2 is 2.17 bits per heavy atom. The van der Waals surface area contributed by atoms with Crippen molar-refractivity contribution in [3.8, 4) is 11.5 Å².